The minimum Gasteiger partial charge on any atom is -0.324 e. The third kappa shape index (κ3) is 3.39. The summed E-state index contributed by atoms with van der Waals surface area (Å²) in [6.07, 6.45) is -5.34. The zero-order valence-corrected chi connectivity index (χ0v) is 9.78. The zero-order valence-electron chi connectivity index (χ0n) is 9.03. The van der Waals surface area contributed by atoms with E-state index >= 15 is 0 Å². The molecule has 90 valence electrons. The average molecular weight is 252 g/mol. The molecule has 0 saturated heterocycles. The number of hydrogen-bond donors (Lipinski definition) is 1. The molecule has 1 aromatic carbocycles. The molecular formula is C11H13ClF3N. The summed E-state index contributed by atoms with van der Waals surface area (Å²) in [6, 6.07) is 2.16. The van der Waals surface area contributed by atoms with Crippen LogP contribution in [0.25, 0.3) is 0 Å². The molecule has 1 atom stereocenters. The van der Waals surface area contributed by atoms with Crippen molar-refractivity contribution < 1.29 is 13.2 Å². The lowest BCUT2D eigenvalue weighted by Gasteiger charge is -2.17. The molecule has 1 nitrogen and oxygen atoms in total. The van der Waals surface area contributed by atoms with Gasteiger partial charge in [-0.05, 0) is 36.6 Å². The Morgan fingerprint density at radius 1 is 1.25 bits per heavy atom. The average Bonchev–Trinajstić information content (AvgIpc) is 2.08. The molecule has 0 saturated carbocycles. The van der Waals surface area contributed by atoms with Crippen LogP contribution in [0.3, 0.4) is 0 Å². The van der Waals surface area contributed by atoms with Crippen molar-refractivity contribution in [2.45, 2.75) is 32.5 Å². The van der Waals surface area contributed by atoms with Crippen LogP contribution in [-0.4, -0.2) is 6.18 Å². The van der Waals surface area contributed by atoms with E-state index in [4.69, 9.17) is 17.3 Å². The van der Waals surface area contributed by atoms with Crippen molar-refractivity contribution in [3.05, 3.63) is 33.8 Å². The zero-order chi connectivity index (χ0) is 12.5. The van der Waals surface area contributed by atoms with E-state index in [9.17, 15) is 13.2 Å². The highest BCUT2D eigenvalue weighted by atomic mass is 35.5. The van der Waals surface area contributed by atoms with Crippen LogP contribution < -0.4 is 5.73 Å². The first-order chi connectivity index (χ1) is 7.20. The molecule has 1 unspecified atom stereocenters. The second-order valence-electron chi connectivity index (χ2n) is 3.88. The predicted molar refractivity (Wildman–Crippen MR) is 58.5 cm³/mol. The summed E-state index contributed by atoms with van der Waals surface area (Å²) in [7, 11) is 0. The molecule has 0 amide bonds. The van der Waals surface area contributed by atoms with Crippen LogP contribution in [0.4, 0.5) is 13.2 Å². The van der Waals surface area contributed by atoms with Gasteiger partial charge in [0, 0.05) is 11.1 Å². The topological polar surface area (TPSA) is 26.0 Å². The molecule has 0 aromatic heterocycles. The molecule has 16 heavy (non-hydrogen) atoms. The highest BCUT2D eigenvalue weighted by Crippen LogP contribution is 2.32. The quantitative estimate of drug-likeness (QED) is 0.847. The van der Waals surface area contributed by atoms with E-state index in [1.54, 1.807) is 12.1 Å². The van der Waals surface area contributed by atoms with Gasteiger partial charge in [-0.3, -0.25) is 0 Å². The molecule has 0 aliphatic carbocycles. The fraction of sp³-hybridized carbons (Fsp3) is 0.455. The Labute approximate surface area is 97.4 Å². The van der Waals surface area contributed by atoms with E-state index in [-0.39, 0.29) is 0 Å². The molecular weight excluding hydrogens is 239 g/mol. The monoisotopic (exact) mass is 251 g/mol. The van der Waals surface area contributed by atoms with E-state index in [1.807, 2.05) is 13.8 Å². The van der Waals surface area contributed by atoms with Crippen molar-refractivity contribution >= 4 is 11.6 Å². The Hall–Kier alpha value is -0.740. The second kappa shape index (κ2) is 4.63. The molecule has 0 heterocycles. The van der Waals surface area contributed by atoms with Gasteiger partial charge in [-0.1, -0.05) is 17.7 Å². The first-order valence-electron chi connectivity index (χ1n) is 4.79. The summed E-state index contributed by atoms with van der Waals surface area (Å²) in [5, 5.41) is 0.292. The van der Waals surface area contributed by atoms with Gasteiger partial charge in [0.1, 0.15) is 0 Å². The van der Waals surface area contributed by atoms with Gasteiger partial charge in [0.15, 0.2) is 0 Å². The minimum atomic E-state index is -4.28. The normalized spacial score (nSPS) is 13.9. The fourth-order valence-electron chi connectivity index (χ4n) is 1.45. The molecule has 2 N–H and O–H groups in total. The Morgan fingerprint density at radius 3 is 2.25 bits per heavy atom. The molecule has 0 bridgehead atoms. The van der Waals surface area contributed by atoms with E-state index in [0.29, 0.717) is 10.6 Å². The number of rotatable bonds is 2. The SMILES string of the molecule is Cc1cc(Cl)c(C(N)CC(F)(F)F)cc1C. The Kier molecular flexibility index (Phi) is 3.86. The standard InChI is InChI=1S/C11H13ClF3N/c1-6-3-8(9(12)4-7(6)2)10(16)5-11(13,14)15/h3-4,10H,5,16H2,1-2H3. The van der Waals surface area contributed by atoms with Crippen molar-refractivity contribution in [3.8, 4) is 0 Å². The number of nitrogens with two attached hydrogens (primary N) is 1. The van der Waals surface area contributed by atoms with Crippen LogP contribution >= 0.6 is 11.6 Å². The van der Waals surface area contributed by atoms with Crippen LogP contribution in [0.2, 0.25) is 5.02 Å². The fourth-order valence-corrected chi connectivity index (χ4v) is 1.81. The highest BCUT2D eigenvalue weighted by Gasteiger charge is 2.31. The van der Waals surface area contributed by atoms with E-state index in [1.165, 1.54) is 0 Å². The van der Waals surface area contributed by atoms with Crippen LogP contribution in [-0.2, 0) is 0 Å². The molecule has 0 spiro atoms. The summed E-state index contributed by atoms with van der Waals surface area (Å²) in [6.45, 7) is 3.66. The molecule has 0 aliphatic rings. The maximum atomic E-state index is 12.2. The summed E-state index contributed by atoms with van der Waals surface area (Å²) in [5.74, 6) is 0. The molecule has 0 radical (unpaired) electrons. The van der Waals surface area contributed by atoms with Gasteiger partial charge in [0.2, 0.25) is 0 Å². The lowest BCUT2D eigenvalue weighted by atomic mass is 9.99. The van der Waals surface area contributed by atoms with E-state index in [2.05, 4.69) is 0 Å². The largest absolute Gasteiger partial charge is 0.390 e. The first-order valence-corrected chi connectivity index (χ1v) is 5.17. The van der Waals surface area contributed by atoms with Crippen molar-refractivity contribution in [1.29, 1.82) is 0 Å². The molecule has 5 heteroatoms. The molecule has 1 aromatic rings. The third-order valence-electron chi connectivity index (χ3n) is 2.46. The van der Waals surface area contributed by atoms with E-state index in [0.717, 1.165) is 11.1 Å². The van der Waals surface area contributed by atoms with E-state index < -0.39 is 18.6 Å². The van der Waals surface area contributed by atoms with Gasteiger partial charge < -0.3 is 5.73 Å². The summed E-state index contributed by atoms with van der Waals surface area (Å²) in [4.78, 5) is 0. The predicted octanol–water partition coefficient (Wildman–Crippen LogP) is 3.91. The lowest BCUT2D eigenvalue weighted by molar-refractivity contribution is -0.138. The van der Waals surface area contributed by atoms with Crippen molar-refractivity contribution in [2.75, 3.05) is 0 Å². The lowest BCUT2D eigenvalue weighted by Crippen LogP contribution is -2.20. The number of halogens is 4. The van der Waals surface area contributed by atoms with Crippen LogP contribution in [0.5, 0.6) is 0 Å². The maximum absolute atomic E-state index is 12.2. The van der Waals surface area contributed by atoms with Gasteiger partial charge in [0.25, 0.3) is 0 Å². The van der Waals surface area contributed by atoms with Crippen LogP contribution in [0.15, 0.2) is 12.1 Å². The Morgan fingerprint density at radius 2 is 1.75 bits per heavy atom. The molecule has 0 aliphatic heterocycles. The summed E-state index contributed by atoms with van der Waals surface area (Å²) < 4.78 is 36.5. The van der Waals surface area contributed by atoms with Crippen molar-refractivity contribution in [2.24, 2.45) is 5.73 Å². The Balaban J connectivity index is 3.00. The number of hydrogen-bond acceptors (Lipinski definition) is 1. The second-order valence-corrected chi connectivity index (χ2v) is 4.29. The van der Waals surface area contributed by atoms with Gasteiger partial charge in [-0.25, -0.2) is 0 Å². The molecule has 1 rings (SSSR count). The van der Waals surface area contributed by atoms with Gasteiger partial charge in [0.05, 0.1) is 6.42 Å². The third-order valence-corrected chi connectivity index (χ3v) is 2.79. The molecule has 0 fully saturated rings. The van der Waals surface area contributed by atoms with Crippen molar-refractivity contribution in [1.82, 2.24) is 0 Å². The minimum absolute atomic E-state index is 0.292. The first kappa shape index (κ1) is 13.3. The van der Waals surface area contributed by atoms with Gasteiger partial charge in [-0.15, -0.1) is 0 Å². The highest BCUT2D eigenvalue weighted by molar-refractivity contribution is 6.31. The summed E-state index contributed by atoms with van der Waals surface area (Å²) in [5.41, 5.74) is 7.67. The van der Waals surface area contributed by atoms with Crippen LogP contribution in [0, 0.1) is 13.8 Å². The van der Waals surface area contributed by atoms with Gasteiger partial charge >= 0.3 is 6.18 Å². The van der Waals surface area contributed by atoms with Gasteiger partial charge in [-0.2, -0.15) is 13.2 Å². The smallest absolute Gasteiger partial charge is 0.324 e. The van der Waals surface area contributed by atoms with Crippen molar-refractivity contribution in [3.63, 3.8) is 0 Å². The Bertz CT molecular complexity index is 388. The maximum Gasteiger partial charge on any atom is 0.390 e. The summed E-state index contributed by atoms with van der Waals surface area (Å²) >= 11 is 5.88. The number of aryl methyl sites for hydroxylation is 2. The van der Waals surface area contributed by atoms with Crippen LogP contribution in [0.1, 0.15) is 29.2 Å². The number of benzene rings is 1. The number of alkyl halides is 3.